The quantitative estimate of drug-likeness (QED) is 0.295. The summed E-state index contributed by atoms with van der Waals surface area (Å²) < 4.78 is 12.9. The molecule has 0 fully saturated rings. The Labute approximate surface area is 186 Å². The number of ether oxygens (including phenoxy) is 2. The van der Waals surface area contributed by atoms with Gasteiger partial charge in [-0.2, -0.15) is 5.10 Å². The average Bonchev–Trinajstić information content (AvgIpc) is 3.14. The van der Waals surface area contributed by atoms with Gasteiger partial charge in [0.25, 0.3) is 0 Å². The monoisotopic (exact) mass is 433 g/mol. The number of hydrazone groups is 1. The zero-order valence-corrected chi connectivity index (χ0v) is 18.3. The van der Waals surface area contributed by atoms with Crippen molar-refractivity contribution in [2.24, 2.45) is 5.10 Å². The van der Waals surface area contributed by atoms with Gasteiger partial charge < -0.3 is 19.5 Å². The largest absolute Gasteiger partial charge is 0.493 e. The normalized spacial score (nSPS) is 11.2. The number of rotatable bonds is 8. The summed E-state index contributed by atoms with van der Waals surface area (Å²) in [6.07, 6.45) is 3.98. The van der Waals surface area contributed by atoms with Crippen molar-refractivity contribution in [3.8, 4) is 11.5 Å². The maximum atomic E-state index is 6.15. The van der Waals surface area contributed by atoms with Crippen LogP contribution in [-0.4, -0.2) is 25.0 Å². The topological polar surface area (TPSA) is 47.8 Å². The number of methoxy groups -OCH3 is 2. The Morgan fingerprint density at radius 3 is 2.58 bits per heavy atom. The predicted molar refractivity (Wildman–Crippen MR) is 126 cm³/mol. The van der Waals surface area contributed by atoms with Gasteiger partial charge in [-0.3, -0.25) is 0 Å². The van der Waals surface area contributed by atoms with Crippen LogP contribution in [0.25, 0.3) is 10.9 Å². The van der Waals surface area contributed by atoms with Crippen molar-refractivity contribution in [3.63, 3.8) is 0 Å². The number of nitrogens with one attached hydrogen (secondary N) is 1. The molecule has 0 bridgehead atoms. The Kier molecular flexibility index (Phi) is 6.43. The lowest BCUT2D eigenvalue weighted by Crippen LogP contribution is -2.06. The zero-order valence-electron chi connectivity index (χ0n) is 17.5. The molecule has 1 aromatic heterocycles. The number of nitrogens with zero attached hydrogens (tertiary/aromatic N) is 2. The van der Waals surface area contributed by atoms with E-state index in [1.54, 1.807) is 14.2 Å². The second-order valence-electron chi connectivity index (χ2n) is 7.14. The smallest absolute Gasteiger partial charge is 0.161 e. The molecule has 1 N–H and O–H groups in total. The first-order valence-corrected chi connectivity index (χ1v) is 10.3. The van der Waals surface area contributed by atoms with Crippen molar-refractivity contribution in [1.29, 1.82) is 0 Å². The number of fused-ring (bicyclic) bond motifs is 1. The van der Waals surface area contributed by atoms with E-state index in [0.29, 0.717) is 18.0 Å². The van der Waals surface area contributed by atoms with E-state index in [0.717, 1.165) is 39.2 Å². The van der Waals surface area contributed by atoms with Gasteiger partial charge in [0.1, 0.15) is 0 Å². The van der Waals surface area contributed by atoms with Crippen molar-refractivity contribution < 1.29 is 9.47 Å². The molecule has 4 rings (SSSR count). The maximum absolute atomic E-state index is 6.15. The second-order valence-corrected chi connectivity index (χ2v) is 7.58. The van der Waals surface area contributed by atoms with Crippen LogP contribution in [0, 0.1) is 0 Å². The first kappa shape index (κ1) is 20.8. The van der Waals surface area contributed by atoms with Gasteiger partial charge in [-0.1, -0.05) is 48.0 Å². The summed E-state index contributed by atoms with van der Waals surface area (Å²) >= 11 is 6.15. The summed E-state index contributed by atoms with van der Waals surface area (Å²) in [7, 11) is 3.26. The standard InChI is InChI=1S/C25H24ClN3O2/c1-30-24-11-10-18(13-25(24)31-2)14-27-28-15-20-17-29(23-9-4-3-8-22(20)23)16-19-6-5-7-21(26)12-19/h3-13,15,17,27H,14,16H2,1-2H3/b28-15-. The molecule has 1 heterocycles. The summed E-state index contributed by atoms with van der Waals surface area (Å²) in [5.41, 5.74) is 7.54. The summed E-state index contributed by atoms with van der Waals surface area (Å²) in [4.78, 5) is 0. The SMILES string of the molecule is COc1ccc(CN/N=C\c2cn(Cc3cccc(Cl)c3)c3ccccc23)cc1OC. The van der Waals surface area contributed by atoms with Gasteiger partial charge in [0.2, 0.25) is 0 Å². The van der Waals surface area contributed by atoms with Gasteiger partial charge in [-0.25, -0.2) is 0 Å². The highest BCUT2D eigenvalue weighted by Gasteiger charge is 2.08. The van der Waals surface area contributed by atoms with Crippen LogP contribution in [0.5, 0.6) is 11.5 Å². The molecule has 0 atom stereocenters. The highest BCUT2D eigenvalue weighted by atomic mass is 35.5. The van der Waals surface area contributed by atoms with E-state index in [-0.39, 0.29) is 0 Å². The fraction of sp³-hybridized carbons (Fsp3) is 0.160. The van der Waals surface area contributed by atoms with Gasteiger partial charge in [0, 0.05) is 34.2 Å². The van der Waals surface area contributed by atoms with E-state index < -0.39 is 0 Å². The number of hydrogen-bond donors (Lipinski definition) is 1. The molecule has 0 saturated heterocycles. The number of halogens is 1. The molecule has 4 aromatic rings. The maximum Gasteiger partial charge on any atom is 0.161 e. The van der Waals surface area contributed by atoms with Gasteiger partial charge in [0.05, 0.1) is 27.0 Å². The molecular formula is C25H24ClN3O2. The van der Waals surface area contributed by atoms with Crippen LogP contribution in [0.2, 0.25) is 5.02 Å². The molecule has 3 aromatic carbocycles. The number of aromatic nitrogens is 1. The molecule has 0 aliphatic carbocycles. The first-order valence-electron chi connectivity index (χ1n) is 9.97. The number of para-hydroxylation sites is 1. The van der Waals surface area contributed by atoms with Crippen molar-refractivity contribution in [3.05, 3.63) is 94.6 Å². The van der Waals surface area contributed by atoms with Crippen LogP contribution in [0.15, 0.2) is 78.0 Å². The summed E-state index contributed by atoms with van der Waals surface area (Å²) in [6.45, 7) is 1.33. The molecule has 0 radical (unpaired) electrons. The second kappa shape index (κ2) is 9.58. The third-order valence-electron chi connectivity index (χ3n) is 5.09. The zero-order chi connectivity index (χ0) is 21.6. The minimum atomic E-state index is 0.581. The highest BCUT2D eigenvalue weighted by molar-refractivity contribution is 6.30. The lowest BCUT2D eigenvalue weighted by Gasteiger charge is -2.09. The molecule has 0 saturated carbocycles. The third-order valence-corrected chi connectivity index (χ3v) is 5.32. The summed E-state index contributed by atoms with van der Waals surface area (Å²) in [6, 6.07) is 22.1. The van der Waals surface area contributed by atoms with Crippen molar-refractivity contribution >= 4 is 28.7 Å². The predicted octanol–water partition coefficient (Wildman–Crippen LogP) is 5.48. The molecule has 31 heavy (non-hydrogen) atoms. The van der Waals surface area contributed by atoms with E-state index in [1.165, 1.54) is 0 Å². The Hall–Kier alpha value is -3.44. The van der Waals surface area contributed by atoms with E-state index in [9.17, 15) is 0 Å². The molecule has 0 amide bonds. The van der Waals surface area contributed by atoms with Gasteiger partial charge >= 0.3 is 0 Å². The lowest BCUT2D eigenvalue weighted by atomic mass is 10.2. The number of benzene rings is 3. The van der Waals surface area contributed by atoms with E-state index in [4.69, 9.17) is 21.1 Å². The van der Waals surface area contributed by atoms with Crippen molar-refractivity contribution in [1.82, 2.24) is 9.99 Å². The molecule has 0 aliphatic rings. The van der Waals surface area contributed by atoms with Crippen LogP contribution in [0.1, 0.15) is 16.7 Å². The average molecular weight is 434 g/mol. The van der Waals surface area contributed by atoms with Gasteiger partial charge in [-0.15, -0.1) is 0 Å². The van der Waals surface area contributed by atoms with Gasteiger partial charge in [-0.05, 0) is 41.5 Å². The van der Waals surface area contributed by atoms with E-state index in [2.05, 4.69) is 39.5 Å². The molecule has 0 unspecified atom stereocenters. The fourth-order valence-electron chi connectivity index (χ4n) is 3.58. The Balaban J connectivity index is 1.50. The molecular weight excluding hydrogens is 410 g/mol. The Morgan fingerprint density at radius 1 is 0.935 bits per heavy atom. The molecule has 0 spiro atoms. The van der Waals surface area contributed by atoms with E-state index in [1.807, 2.05) is 54.7 Å². The van der Waals surface area contributed by atoms with Gasteiger partial charge in [0.15, 0.2) is 11.5 Å². The lowest BCUT2D eigenvalue weighted by molar-refractivity contribution is 0.354. The molecule has 6 heteroatoms. The minimum absolute atomic E-state index is 0.581. The number of hydrogen-bond acceptors (Lipinski definition) is 4. The van der Waals surface area contributed by atoms with Crippen LogP contribution in [0.3, 0.4) is 0 Å². The fourth-order valence-corrected chi connectivity index (χ4v) is 3.80. The first-order chi connectivity index (χ1) is 15.2. The van der Waals surface area contributed by atoms with Crippen LogP contribution in [-0.2, 0) is 13.1 Å². The van der Waals surface area contributed by atoms with E-state index >= 15 is 0 Å². The van der Waals surface area contributed by atoms with Crippen LogP contribution in [0.4, 0.5) is 0 Å². The minimum Gasteiger partial charge on any atom is -0.493 e. The van der Waals surface area contributed by atoms with Crippen molar-refractivity contribution in [2.45, 2.75) is 13.1 Å². The third kappa shape index (κ3) is 4.84. The molecule has 5 nitrogen and oxygen atoms in total. The Morgan fingerprint density at radius 2 is 1.77 bits per heavy atom. The summed E-state index contributed by atoms with van der Waals surface area (Å²) in [5.74, 6) is 1.41. The highest BCUT2D eigenvalue weighted by Crippen LogP contribution is 2.27. The van der Waals surface area contributed by atoms with Crippen LogP contribution >= 0.6 is 11.6 Å². The van der Waals surface area contributed by atoms with Crippen LogP contribution < -0.4 is 14.9 Å². The molecule has 0 aliphatic heterocycles. The van der Waals surface area contributed by atoms with Crippen molar-refractivity contribution in [2.75, 3.05) is 14.2 Å². The summed E-state index contributed by atoms with van der Waals surface area (Å²) in [5, 5.41) is 6.34. The Bertz CT molecular complexity index is 1220. The molecule has 158 valence electrons.